The van der Waals surface area contributed by atoms with Gasteiger partial charge < -0.3 is 10.0 Å². The van der Waals surface area contributed by atoms with E-state index >= 15 is 0 Å². The molecule has 0 aromatic carbocycles. The van der Waals surface area contributed by atoms with Crippen molar-refractivity contribution in [3.8, 4) is 0 Å². The molecule has 0 fully saturated rings. The molecule has 0 heterocycles. The molecule has 108 valence electrons. The third-order valence-electron chi connectivity index (χ3n) is 2.99. The Bertz CT molecular complexity index is 230. The van der Waals surface area contributed by atoms with Crippen LogP contribution in [0.2, 0.25) is 0 Å². The van der Waals surface area contributed by atoms with Gasteiger partial charge in [-0.2, -0.15) is 0 Å². The van der Waals surface area contributed by atoms with Gasteiger partial charge in [0.1, 0.15) is 6.04 Å². The minimum absolute atomic E-state index is 0.327. The van der Waals surface area contributed by atoms with Crippen molar-refractivity contribution < 1.29 is 9.90 Å². The SMILES string of the molecule is CCCCC(C(=O)O)N(CCN(C)C)CC(C)C. The fourth-order valence-electron chi connectivity index (χ4n) is 2.03. The molecular weight excluding hydrogens is 228 g/mol. The monoisotopic (exact) mass is 258 g/mol. The number of likely N-dealkylation sites (N-methyl/N-ethyl adjacent to an activating group) is 1. The summed E-state index contributed by atoms with van der Waals surface area (Å²) in [5, 5.41) is 9.39. The van der Waals surface area contributed by atoms with Crippen molar-refractivity contribution >= 4 is 5.97 Å². The summed E-state index contributed by atoms with van der Waals surface area (Å²) in [6, 6.07) is -0.327. The van der Waals surface area contributed by atoms with Crippen molar-refractivity contribution in [3.05, 3.63) is 0 Å². The third-order valence-corrected chi connectivity index (χ3v) is 2.99. The van der Waals surface area contributed by atoms with Gasteiger partial charge in [0, 0.05) is 19.6 Å². The standard InChI is InChI=1S/C14H30N2O2/c1-6-7-8-13(14(17)18)16(11-12(2)3)10-9-15(4)5/h12-13H,6-11H2,1-5H3,(H,17,18). The van der Waals surface area contributed by atoms with Crippen LogP contribution in [0.4, 0.5) is 0 Å². The maximum absolute atomic E-state index is 11.4. The largest absolute Gasteiger partial charge is 0.480 e. The number of unbranched alkanes of at least 4 members (excludes halogenated alkanes) is 1. The summed E-state index contributed by atoms with van der Waals surface area (Å²) >= 11 is 0. The van der Waals surface area contributed by atoms with Crippen molar-refractivity contribution in [1.82, 2.24) is 9.80 Å². The molecule has 0 radical (unpaired) electrons. The second-order valence-electron chi connectivity index (χ2n) is 5.69. The highest BCUT2D eigenvalue weighted by Gasteiger charge is 2.25. The molecule has 4 heteroatoms. The van der Waals surface area contributed by atoms with Crippen LogP contribution in [0.5, 0.6) is 0 Å². The summed E-state index contributed by atoms with van der Waals surface area (Å²) in [5.74, 6) is -0.182. The molecule has 18 heavy (non-hydrogen) atoms. The van der Waals surface area contributed by atoms with E-state index in [-0.39, 0.29) is 6.04 Å². The maximum Gasteiger partial charge on any atom is 0.320 e. The number of aliphatic carboxylic acids is 1. The molecule has 0 aromatic heterocycles. The Morgan fingerprint density at radius 2 is 1.83 bits per heavy atom. The van der Waals surface area contributed by atoms with Crippen molar-refractivity contribution in [2.45, 2.75) is 46.1 Å². The summed E-state index contributed by atoms with van der Waals surface area (Å²) in [4.78, 5) is 15.6. The second kappa shape index (κ2) is 9.34. The molecule has 0 spiro atoms. The van der Waals surface area contributed by atoms with Crippen LogP contribution in [0.3, 0.4) is 0 Å². The van der Waals surface area contributed by atoms with Crippen LogP contribution in [0.1, 0.15) is 40.0 Å². The quantitative estimate of drug-likeness (QED) is 0.652. The zero-order valence-electron chi connectivity index (χ0n) is 12.6. The van der Waals surface area contributed by atoms with Gasteiger partial charge in [-0.05, 0) is 26.4 Å². The molecule has 1 atom stereocenters. The van der Waals surface area contributed by atoms with Crippen LogP contribution < -0.4 is 0 Å². The number of hydrogen-bond donors (Lipinski definition) is 1. The van der Waals surface area contributed by atoms with E-state index < -0.39 is 5.97 Å². The number of hydrogen-bond acceptors (Lipinski definition) is 3. The highest BCUT2D eigenvalue weighted by Crippen LogP contribution is 2.12. The summed E-state index contributed by atoms with van der Waals surface area (Å²) < 4.78 is 0. The molecular formula is C14H30N2O2. The molecule has 1 unspecified atom stereocenters. The van der Waals surface area contributed by atoms with Crippen molar-refractivity contribution in [3.63, 3.8) is 0 Å². The van der Waals surface area contributed by atoms with E-state index in [1.54, 1.807) is 0 Å². The minimum Gasteiger partial charge on any atom is -0.480 e. The highest BCUT2D eigenvalue weighted by molar-refractivity contribution is 5.73. The van der Waals surface area contributed by atoms with Crippen LogP contribution in [0.15, 0.2) is 0 Å². The van der Waals surface area contributed by atoms with Crippen molar-refractivity contribution in [2.24, 2.45) is 5.92 Å². The van der Waals surface area contributed by atoms with E-state index in [0.29, 0.717) is 5.92 Å². The van der Waals surface area contributed by atoms with E-state index in [2.05, 4.69) is 30.6 Å². The zero-order valence-corrected chi connectivity index (χ0v) is 12.6. The van der Waals surface area contributed by atoms with E-state index in [1.165, 1.54) is 0 Å². The van der Waals surface area contributed by atoms with Crippen LogP contribution in [0, 0.1) is 5.92 Å². The molecule has 1 N–H and O–H groups in total. The summed E-state index contributed by atoms with van der Waals surface area (Å²) in [7, 11) is 4.05. The van der Waals surface area contributed by atoms with Crippen molar-refractivity contribution in [2.75, 3.05) is 33.7 Å². The molecule has 0 aliphatic rings. The lowest BCUT2D eigenvalue weighted by atomic mass is 10.1. The summed E-state index contributed by atoms with van der Waals surface area (Å²) in [6.45, 7) is 8.97. The zero-order chi connectivity index (χ0) is 14.1. The molecule has 0 saturated carbocycles. The Labute approximate surface area is 112 Å². The first-order chi connectivity index (χ1) is 8.38. The number of carboxylic acid groups (broad SMARTS) is 1. The van der Waals surface area contributed by atoms with Crippen molar-refractivity contribution in [1.29, 1.82) is 0 Å². The fraction of sp³-hybridized carbons (Fsp3) is 0.929. The average molecular weight is 258 g/mol. The molecule has 0 aromatic rings. The van der Waals surface area contributed by atoms with Gasteiger partial charge in [-0.15, -0.1) is 0 Å². The molecule has 0 bridgehead atoms. The fourth-order valence-corrected chi connectivity index (χ4v) is 2.03. The first-order valence-electron chi connectivity index (χ1n) is 7.00. The predicted molar refractivity (Wildman–Crippen MR) is 75.9 cm³/mol. The Hall–Kier alpha value is -0.610. The normalized spacial score (nSPS) is 13.6. The van der Waals surface area contributed by atoms with E-state index in [9.17, 15) is 9.90 Å². The molecule has 0 aliphatic heterocycles. The lowest BCUT2D eigenvalue weighted by molar-refractivity contribution is -0.144. The van der Waals surface area contributed by atoms with Gasteiger partial charge >= 0.3 is 5.97 Å². The molecule has 0 amide bonds. The van der Waals surface area contributed by atoms with Gasteiger partial charge in [0.05, 0.1) is 0 Å². The number of carbonyl (C=O) groups is 1. The molecule has 0 saturated heterocycles. The van der Waals surface area contributed by atoms with Gasteiger partial charge in [0.25, 0.3) is 0 Å². The summed E-state index contributed by atoms with van der Waals surface area (Å²) in [6.07, 6.45) is 2.78. The minimum atomic E-state index is -0.678. The Morgan fingerprint density at radius 3 is 2.22 bits per heavy atom. The van der Waals surface area contributed by atoms with Gasteiger partial charge in [-0.25, -0.2) is 0 Å². The average Bonchev–Trinajstić information content (AvgIpc) is 2.24. The van der Waals surface area contributed by atoms with Gasteiger partial charge in [-0.3, -0.25) is 9.69 Å². The smallest absolute Gasteiger partial charge is 0.320 e. The topological polar surface area (TPSA) is 43.8 Å². The Kier molecular flexibility index (Phi) is 9.02. The first-order valence-corrected chi connectivity index (χ1v) is 7.00. The van der Waals surface area contributed by atoms with Gasteiger partial charge in [0.15, 0.2) is 0 Å². The number of carboxylic acids is 1. The van der Waals surface area contributed by atoms with E-state index in [4.69, 9.17) is 0 Å². The molecule has 4 nitrogen and oxygen atoms in total. The van der Waals surface area contributed by atoms with Crippen LogP contribution in [-0.4, -0.2) is 60.6 Å². The van der Waals surface area contributed by atoms with Crippen LogP contribution >= 0.6 is 0 Å². The summed E-state index contributed by atoms with van der Waals surface area (Å²) in [5.41, 5.74) is 0. The highest BCUT2D eigenvalue weighted by atomic mass is 16.4. The predicted octanol–water partition coefficient (Wildman–Crippen LogP) is 2.15. The third kappa shape index (κ3) is 7.67. The van der Waals surface area contributed by atoms with E-state index in [1.807, 2.05) is 14.1 Å². The lowest BCUT2D eigenvalue weighted by Gasteiger charge is -2.31. The van der Waals surface area contributed by atoms with Gasteiger partial charge in [-0.1, -0.05) is 33.6 Å². The van der Waals surface area contributed by atoms with Crippen LogP contribution in [0.25, 0.3) is 0 Å². The lowest BCUT2D eigenvalue weighted by Crippen LogP contribution is -2.46. The molecule has 0 rings (SSSR count). The number of rotatable bonds is 10. The Balaban J connectivity index is 4.57. The second-order valence-corrected chi connectivity index (χ2v) is 5.69. The Morgan fingerprint density at radius 1 is 1.22 bits per heavy atom. The van der Waals surface area contributed by atoms with E-state index in [0.717, 1.165) is 38.9 Å². The van der Waals surface area contributed by atoms with Crippen LogP contribution in [-0.2, 0) is 4.79 Å². The maximum atomic E-state index is 11.4. The molecule has 0 aliphatic carbocycles. The first kappa shape index (κ1) is 17.4. The van der Waals surface area contributed by atoms with Gasteiger partial charge in [0.2, 0.25) is 0 Å². The number of nitrogens with zero attached hydrogens (tertiary/aromatic N) is 2.